The van der Waals surface area contributed by atoms with Crippen LogP contribution in [0.15, 0.2) is 176 Å². The van der Waals surface area contributed by atoms with Crippen LogP contribution in [-0.4, -0.2) is 17.8 Å². The minimum absolute atomic E-state index is 0.00229. The molecule has 0 saturated heterocycles. The second-order valence-electron chi connectivity index (χ2n) is 27.9. The number of fused-ring (bicyclic) bond motifs is 10. The molecule has 3 nitrogen and oxygen atoms in total. The largest absolute Gasteiger partial charge is 0.335 e. The van der Waals surface area contributed by atoms with E-state index in [1.807, 2.05) is 0 Å². The molecule has 2 saturated carbocycles. The summed E-state index contributed by atoms with van der Waals surface area (Å²) in [6.07, 6.45) is 9.25. The topological polar surface area (TPSA) is 9.72 Å². The molecule has 392 valence electrons. The number of hydrogen-bond acceptors (Lipinski definition) is 3. The fourth-order valence-electron chi connectivity index (χ4n) is 16.8. The maximum absolute atomic E-state index is 2.97. The van der Waals surface area contributed by atoms with E-state index in [4.69, 9.17) is 0 Å². The van der Waals surface area contributed by atoms with Crippen molar-refractivity contribution >= 4 is 62.9 Å². The van der Waals surface area contributed by atoms with Gasteiger partial charge in [-0.1, -0.05) is 228 Å². The monoisotopic (exact) mass is 1020 g/mol. The van der Waals surface area contributed by atoms with Crippen LogP contribution in [0.4, 0.5) is 39.8 Å². The third kappa shape index (κ3) is 6.64. The van der Waals surface area contributed by atoms with E-state index in [2.05, 4.69) is 267 Å². The zero-order chi connectivity index (χ0) is 53.9. The summed E-state index contributed by atoms with van der Waals surface area (Å²) < 4.78 is 0. The predicted octanol–water partition coefficient (Wildman–Crippen LogP) is 17.4. The smallest absolute Gasteiger partial charge is 0.252 e. The van der Waals surface area contributed by atoms with Crippen molar-refractivity contribution in [3.05, 3.63) is 215 Å². The molecule has 4 atom stereocenters. The van der Waals surface area contributed by atoms with Gasteiger partial charge in [-0.05, 0) is 153 Å². The van der Waals surface area contributed by atoms with Crippen LogP contribution in [0.25, 0.3) is 11.1 Å². The van der Waals surface area contributed by atoms with E-state index in [-0.39, 0.29) is 44.9 Å². The minimum atomic E-state index is -0.264. The van der Waals surface area contributed by atoms with E-state index in [1.54, 1.807) is 0 Å². The van der Waals surface area contributed by atoms with E-state index < -0.39 is 0 Å². The van der Waals surface area contributed by atoms with Crippen LogP contribution >= 0.6 is 0 Å². The lowest BCUT2D eigenvalue weighted by molar-refractivity contribution is 0.214. The van der Waals surface area contributed by atoms with Crippen molar-refractivity contribution in [1.29, 1.82) is 0 Å². The lowest BCUT2D eigenvalue weighted by atomic mass is 9.33. The highest BCUT2D eigenvalue weighted by Gasteiger charge is 2.65. The average molecular weight is 1020 g/mol. The summed E-state index contributed by atoms with van der Waals surface area (Å²) in [5, 5.41) is 0. The molecule has 8 aromatic carbocycles. The zero-order valence-electron chi connectivity index (χ0n) is 48.3. The lowest BCUT2D eigenvalue weighted by Gasteiger charge is -2.55. The molecule has 0 aromatic heterocycles. The van der Waals surface area contributed by atoms with Crippen molar-refractivity contribution < 1.29 is 0 Å². The van der Waals surface area contributed by atoms with Gasteiger partial charge < -0.3 is 14.7 Å². The summed E-state index contributed by atoms with van der Waals surface area (Å²) in [5.74, 6) is 0. The van der Waals surface area contributed by atoms with Crippen molar-refractivity contribution in [1.82, 2.24) is 0 Å². The SMILES string of the molecule is CC(C)(C)c1ccc2c(c1)B1c3cccc4c3N(c3cc(N5c6ccc(C(C)(C)C)cc6C6(c7ccccc7)CCCCC56C)cc(c31)N2c1ccc(C(C)(C)C)cc1-c1ccccc1)C1(C)CCCCC41c1ccccc1. The van der Waals surface area contributed by atoms with Crippen LogP contribution in [0.3, 0.4) is 0 Å². The molecule has 14 rings (SSSR count). The van der Waals surface area contributed by atoms with Crippen molar-refractivity contribution in [2.45, 2.75) is 166 Å². The van der Waals surface area contributed by atoms with Gasteiger partial charge in [0.1, 0.15) is 0 Å². The molecule has 4 aliphatic heterocycles. The molecule has 2 fully saturated rings. The molecule has 4 heterocycles. The molecule has 0 spiro atoms. The van der Waals surface area contributed by atoms with Crippen molar-refractivity contribution in [2.24, 2.45) is 0 Å². The van der Waals surface area contributed by atoms with E-state index >= 15 is 0 Å². The summed E-state index contributed by atoms with van der Waals surface area (Å²) in [6.45, 7) is 26.7. The van der Waals surface area contributed by atoms with Crippen molar-refractivity contribution in [2.75, 3.05) is 14.7 Å². The highest BCUT2D eigenvalue weighted by Crippen LogP contribution is 2.67. The number of para-hydroxylation sites is 1. The van der Waals surface area contributed by atoms with Crippen LogP contribution in [0, 0.1) is 0 Å². The highest BCUT2D eigenvalue weighted by molar-refractivity contribution is 7.00. The molecule has 8 aromatic rings. The molecular weight excluding hydrogens is 942 g/mol. The second kappa shape index (κ2) is 16.9. The molecule has 2 aliphatic carbocycles. The fourth-order valence-corrected chi connectivity index (χ4v) is 16.8. The third-order valence-electron chi connectivity index (χ3n) is 20.7. The Morgan fingerprint density at radius 1 is 0.397 bits per heavy atom. The Bertz CT molecular complexity index is 3710. The predicted molar refractivity (Wildman–Crippen MR) is 333 cm³/mol. The Balaban J connectivity index is 1.14. The Kier molecular flexibility index (Phi) is 10.7. The number of benzene rings is 8. The molecule has 0 amide bonds. The molecule has 4 unspecified atom stereocenters. The van der Waals surface area contributed by atoms with Gasteiger partial charge in [0.05, 0.1) is 16.8 Å². The molecule has 78 heavy (non-hydrogen) atoms. The number of rotatable bonds is 5. The van der Waals surface area contributed by atoms with Gasteiger partial charge in [-0.15, -0.1) is 0 Å². The van der Waals surface area contributed by atoms with Crippen LogP contribution < -0.4 is 31.1 Å². The molecule has 6 aliphatic rings. The Labute approximate surface area is 466 Å². The fraction of sp³-hybridized carbons (Fsp3) is 0.351. The summed E-state index contributed by atoms with van der Waals surface area (Å²) in [7, 11) is 0. The third-order valence-corrected chi connectivity index (χ3v) is 20.7. The standard InChI is InChI=1S/C74H78BN3/c1-68(2,3)52-34-37-61(56(44-52)49-26-15-12-16-27-49)76-63-39-36-54(70(7,8)9)46-60(63)75-59-33-25-32-57-67(59)78(72(11)41-22-23-42-73(57,72)50-28-17-13-18-29-50)65-48-55(47-64(76)66(65)75)77-62-38-35-53(69(4,5)6)45-58(62)74(51-30-19-14-20-31-51)43-24-21-40-71(74,77)10/h12-20,25-39,44-48H,21-24,40-43H2,1-11H3. The van der Waals surface area contributed by atoms with E-state index in [1.165, 1.54) is 132 Å². The summed E-state index contributed by atoms with van der Waals surface area (Å²) in [5.41, 5.74) is 25.0. The van der Waals surface area contributed by atoms with Gasteiger partial charge in [-0.3, -0.25) is 0 Å². The summed E-state index contributed by atoms with van der Waals surface area (Å²) in [4.78, 5) is 8.60. The highest BCUT2D eigenvalue weighted by atomic mass is 15.3. The first kappa shape index (κ1) is 49.5. The van der Waals surface area contributed by atoms with Crippen LogP contribution in [-0.2, 0) is 27.1 Å². The molecule has 0 radical (unpaired) electrons. The quantitative estimate of drug-likeness (QED) is 0.159. The molecule has 0 bridgehead atoms. The average Bonchev–Trinajstić information content (AvgIpc) is 4.04. The Morgan fingerprint density at radius 2 is 0.897 bits per heavy atom. The first-order valence-corrected chi connectivity index (χ1v) is 29.6. The summed E-state index contributed by atoms with van der Waals surface area (Å²) >= 11 is 0. The molecule has 4 heteroatoms. The number of anilines is 7. The Morgan fingerprint density at radius 3 is 1.50 bits per heavy atom. The van der Waals surface area contributed by atoms with Gasteiger partial charge >= 0.3 is 0 Å². The van der Waals surface area contributed by atoms with Gasteiger partial charge in [0, 0.05) is 50.5 Å². The first-order chi connectivity index (χ1) is 37.3. The van der Waals surface area contributed by atoms with Gasteiger partial charge in [0.2, 0.25) is 0 Å². The number of hydrogen-bond donors (Lipinski definition) is 0. The normalized spacial score (nSPS) is 23.8. The maximum atomic E-state index is 2.97. The van der Waals surface area contributed by atoms with Gasteiger partial charge in [-0.25, -0.2) is 0 Å². The van der Waals surface area contributed by atoms with E-state index in [0.717, 1.165) is 25.7 Å². The Hall–Kier alpha value is -6.78. The van der Waals surface area contributed by atoms with Crippen LogP contribution in [0.2, 0.25) is 0 Å². The zero-order valence-corrected chi connectivity index (χ0v) is 48.3. The van der Waals surface area contributed by atoms with Crippen molar-refractivity contribution in [3.8, 4) is 11.1 Å². The van der Waals surface area contributed by atoms with Crippen LogP contribution in [0.5, 0.6) is 0 Å². The minimum Gasteiger partial charge on any atom is -0.335 e. The first-order valence-electron chi connectivity index (χ1n) is 29.6. The van der Waals surface area contributed by atoms with Gasteiger partial charge in [0.25, 0.3) is 6.71 Å². The van der Waals surface area contributed by atoms with Crippen molar-refractivity contribution in [3.63, 3.8) is 0 Å². The van der Waals surface area contributed by atoms with E-state index in [0.29, 0.717) is 0 Å². The van der Waals surface area contributed by atoms with Gasteiger partial charge in [0.15, 0.2) is 0 Å². The van der Waals surface area contributed by atoms with Crippen LogP contribution in [0.1, 0.15) is 166 Å². The number of nitrogens with zero attached hydrogens (tertiary/aromatic N) is 3. The molecule has 0 N–H and O–H groups in total. The summed E-state index contributed by atoms with van der Waals surface area (Å²) in [6, 6.07) is 70.1. The maximum Gasteiger partial charge on any atom is 0.252 e. The molecular formula is C74H78BN3. The van der Waals surface area contributed by atoms with E-state index in [9.17, 15) is 0 Å². The second-order valence-corrected chi connectivity index (χ2v) is 27.9. The van der Waals surface area contributed by atoms with Gasteiger partial charge in [-0.2, -0.15) is 0 Å². The lowest BCUT2D eigenvalue weighted by Crippen LogP contribution is -2.65.